The average Bonchev–Trinajstić information content (AvgIpc) is 2.10. The van der Waals surface area contributed by atoms with E-state index >= 15 is 0 Å². The Morgan fingerprint density at radius 1 is 1.60 bits per heavy atom. The third-order valence-electron chi connectivity index (χ3n) is 0.820. The van der Waals surface area contributed by atoms with Crippen LogP contribution in [-0.4, -0.2) is 23.5 Å². The Labute approximate surface area is 59.3 Å². The zero-order valence-electron chi connectivity index (χ0n) is 5.69. The molecule has 0 saturated carbocycles. The van der Waals surface area contributed by atoms with Gasteiger partial charge in [0, 0.05) is 25.1 Å². The molecule has 0 radical (unpaired) electrons. The molecule has 0 amide bonds. The number of aliphatic hydroxyl groups excluding tert-OH is 1. The lowest BCUT2D eigenvalue weighted by molar-refractivity contribution is 0.112. The maximum atomic E-state index is 9.97. The minimum Gasteiger partial charge on any atom is -0.400 e. The van der Waals surface area contributed by atoms with Crippen molar-refractivity contribution in [1.82, 2.24) is 4.98 Å². The number of rotatable bonds is 1. The summed E-state index contributed by atoms with van der Waals surface area (Å²) in [4.78, 5) is 13.7. The zero-order valence-corrected chi connectivity index (χ0v) is 5.69. The number of aromatic nitrogens is 1. The Kier molecular flexibility index (Phi) is 5.19. The molecule has 10 heavy (non-hydrogen) atoms. The van der Waals surface area contributed by atoms with Gasteiger partial charge in [-0.25, -0.2) is 0 Å². The maximum Gasteiger partial charge on any atom is 0.151 e. The molecule has 1 aromatic heterocycles. The molecular formula is C7H9NO2. The van der Waals surface area contributed by atoms with Crippen molar-refractivity contribution in [2.75, 3.05) is 7.11 Å². The zero-order chi connectivity index (χ0) is 7.82. The number of carbonyl (C=O) groups excluding carboxylic acids is 1. The summed E-state index contributed by atoms with van der Waals surface area (Å²) in [7, 11) is 1.00. The van der Waals surface area contributed by atoms with E-state index in [2.05, 4.69) is 4.98 Å². The highest BCUT2D eigenvalue weighted by molar-refractivity contribution is 5.73. The maximum absolute atomic E-state index is 9.97. The SMILES string of the molecule is CO.O=Cc1cccnc1. The van der Waals surface area contributed by atoms with Crippen molar-refractivity contribution in [3.8, 4) is 0 Å². The molecule has 1 heterocycles. The van der Waals surface area contributed by atoms with Gasteiger partial charge in [-0.3, -0.25) is 9.78 Å². The van der Waals surface area contributed by atoms with Crippen LogP contribution >= 0.6 is 0 Å². The van der Waals surface area contributed by atoms with Crippen LogP contribution < -0.4 is 0 Å². The van der Waals surface area contributed by atoms with Crippen LogP contribution in [-0.2, 0) is 0 Å². The van der Waals surface area contributed by atoms with E-state index < -0.39 is 0 Å². The van der Waals surface area contributed by atoms with Crippen LogP contribution in [0.1, 0.15) is 10.4 Å². The molecule has 0 saturated heterocycles. The van der Waals surface area contributed by atoms with Crippen LogP contribution in [0.5, 0.6) is 0 Å². The van der Waals surface area contributed by atoms with E-state index in [9.17, 15) is 4.79 Å². The van der Waals surface area contributed by atoms with Gasteiger partial charge in [-0.2, -0.15) is 0 Å². The van der Waals surface area contributed by atoms with Crippen LogP contribution in [0.4, 0.5) is 0 Å². The molecule has 3 nitrogen and oxygen atoms in total. The fraction of sp³-hybridized carbons (Fsp3) is 0.143. The fourth-order valence-electron chi connectivity index (χ4n) is 0.446. The first kappa shape index (κ1) is 8.78. The molecule has 3 heteroatoms. The molecule has 54 valence electrons. The van der Waals surface area contributed by atoms with Crippen molar-refractivity contribution in [3.63, 3.8) is 0 Å². The molecule has 0 spiro atoms. The molecule has 0 aliphatic carbocycles. The summed E-state index contributed by atoms with van der Waals surface area (Å²) in [5.74, 6) is 0. The van der Waals surface area contributed by atoms with Crippen molar-refractivity contribution >= 4 is 6.29 Å². The molecule has 0 aromatic carbocycles. The second-order valence-electron chi connectivity index (χ2n) is 1.40. The van der Waals surface area contributed by atoms with E-state index in [0.29, 0.717) is 5.56 Å². The Hall–Kier alpha value is -1.22. The first-order valence-electron chi connectivity index (χ1n) is 2.73. The first-order chi connectivity index (χ1) is 4.93. The van der Waals surface area contributed by atoms with Crippen LogP contribution in [0.2, 0.25) is 0 Å². The number of aliphatic hydroxyl groups is 1. The molecular weight excluding hydrogens is 130 g/mol. The predicted molar refractivity (Wildman–Crippen MR) is 37.8 cm³/mol. The molecule has 1 aromatic rings. The molecule has 0 fully saturated rings. The van der Waals surface area contributed by atoms with Crippen molar-refractivity contribution in [2.45, 2.75) is 0 Å². The summed E-state index contributed by atoms with van der Waals surface area (Å²) in [6.45, 7) is 0. The van der Waals surface area contributed by atoms with Gasteiger partial charge in [0.1, 0.15) is 0 Å². The van der Waals surface area contributed by atoms with E-state index in [4.69, 9.17) is 5.11 Å². The van der Waals surface area contributed by atoms with Gasteiger partial charge in [0.2, 0.25) is 0 Å². The molecule has 0 unspecified atom stereocenters. The van der Waals surface area contributed by atoms with Crippen molar-refractivity contribution in [2.24, 2.45) is 0 Å². The summed E-state index contributed by atoms with van der Waals surface area (Å²) in [6.07, 6.45) is 3.92. The molecule has 0 bridgehead atoms. The summed E-state index contributed by atoms with van der Waals surface area (Å²) in [6, 6.07) is 3.43. The lowest BCUT2D eigenvalue weighted by Crippen LogP contribution is -1.77. The lowest BCUT2D eigenvalue weighted by Gasteiger charge is -1.81. The third-order valence-corrected chi connectivity index (χ3v) is 0.820. The molecule has 1 rings (SSSR count). The topological polar surface area (TPSA) is 50.2 Å². The van der Waals surface area contributed by atoms with Crippen LogP contribution in [0.15, 0.2) is 24.5 Å². The molecule has 0 aliphatic heterocycles. The Morgan fingerprint density at radius 2 is 2.30 bits per heavy atom. The Bertz CT molecular complexity index is 174. The Balaban J connectivity index is 0.000000371. The summed E-state index contributed by atoms with van der Waals surface area (Å²) < 4.78 is 0. The number of aldehydes is 1. The molecule has 1 N–H and O–H groups in total. The van der Waals surface area contributed by atoms with Gasteiger partial charge in [0.25, 0.3) is 0 Å². The highest BCUT2D eigenvalue weighted by atomic mass is 16.2. The van der Waals surface area contributed by atoms with E-state index in [1.165, 1.54) is 6.20 Å². The number of nitrogens with zero attached hydrogens (tertiary/aromatic N) is 1. The largest absolute Gasteiger partial charge is 0.400 e. The second-order valence-corrected chi connectivity index (χ2v) is 1.40. The fourth-order valence-corrected chi connectivity index (χ4v) is 0.446. The molecule has 0 atom stereocenters. The van der Waals surface area contributed by atoms with Crippen molar-refractivity contribution < 1.29 is 9.90 Å². The minimum absolute atomic E-state index is 0.618. The highest BCUT2D eigenvalue weighted by Gasteiger charge is 1.81. The highest BCUT2D eigenvalue weighted by Crippen LogP contribution is 1.87. The van der Waals surface area contributed by atoms with Crippen LogP contribution in [0.25, 0.3) is 0 Å². The summed E-state index contributed by atoms with van der Waals surface area (Å²) in [5, 5.41) is 7.00. The van der Waals surface area contributed by atoms with Crippen LogP contribution in [0, 0.1) is 0 Å². The Morgan fingerprint density at radius 3 is 2.60 bits per heavy atom. The number of hydrogen-bond acceptors (Lipinski definition) is 3. The van der Waals surface area contributed by atoms with Gasteiger partial charge in [0.05, 0.1) is 0 Å². The van der Waals surface area contributed by atoms with Gasteiger partial charge in [-0.1, -0.05) is 0 Å². The minimum atomic E-state index is 0.618. The normalized spacial score (nSPS) is 7.40. The van der Waals surface area contributed by atoms with E-state index in [1.54, 1.807) is 18.3 Å². The van der Waals surface area contributed by atoms with Crippen molar-refractivity contribution in [3.05, 3.63) is 30.1 Å². The van der Waals surface area contributed by atoms with E-state index in [1.807, 2.05) is 0 Å². The monoisotopic (exact) mass is 139 g/mol. The first-order valence-corrected chi connectivity index (χ1v) is 2.73. The van der Waals surface area contributed by atoms with Crippen LogP contribution in [0.3, 0.4) is 0 Å². The van der Waals surface area contributed by atoms with Gasteiger partial charge in [-0.05, 0) is 12.1 Å². The quantitative estimate of drug-likeness (QED) is 0.576. The third kappa shape index (κ3) is 2.94. The predicted octanol–water partition coefficient (Wildman–Crippen LogP) is 0.503. The molecule has 0 aliphatic rings. The van der Waals surface area contributed by atoms with Gasteiger partial charge in [-0.15, -0.1) is 0 Å². The van der Waals surface area contributed by atoms with E-state index in [0.717, 1.165) is 13.4 Å². The summed E-state index contributed by atoms with van der Waals surface area (Å²) in [5.41, 5.74) is 0.618. The average molecular weight is 139 g/mol. The summed E-state index contributed by atoms with van der Waals surface area (Å²) >= 11 is 0. The van der Waals surface area contributed by atoms with Gasteiger partial charge in [0.15, 0.2) is 6.29 Å². The van der Waals surface area contributed by atoms with Gasteiger partial charge >= 0.3 is 0 Å². The lowest BCUT2D eigenvalue weighted by atomic mass is 10.3. The number of hydrogen-bond donors (Lipinski definition) is 1. The van der Waals surface area contributed by atoms with Gasteiger partial charge < -0.3 is 5.11 Å². The van der Waals surface area contributed by atoms with E-state index in [-0.39, 0.29) is 0 Å². The smallest absolute Gasteiger partial charge is 0.151 e. The number of carbonyl (C=O) groups is 1. The van der Waals surface area contributed by atoms with Crippen molar-refractivity contribution in [1.29, 1.82) is 0 Å². The second kappa shape index (κ2) is 5.91. The standard InChI is InChI=1S/C6H5NO.CH4O/c8-5-6-2-1-3-7-4-6;1-2/h1-5H;2H,1H3. The number of pyridine rings is 1.